The number of amides is 1. The number of para-hydroxylation sites is 1. The first-order valence-electron chi connectivity index (χ1n) is 10.5. The van der Waals surface area contributed by atoms with E-state index in [2.05, 4.69) is 5.32 Å². The highest BCUT2D eigenvalue weighted by Gasteiger charge is 2.32. The van der Waals surface area contributed by atoms with Crippen molar-refractivity contribution < 1.29 is 37.0 Å². The number of anilines is 2. The van der Waals surface area contributed by atoms with Gasteiger partial charge in [-0.1, -0.05) is 25.1 Å². The summed E-state index contributed by atoms with van der Waals surface area (Å²) >= 11 is 0. The topological polar surface area (TPSA) is 77.1 Å². The van der Waals surface area contributed by atoms with Crippen LogP contribution in [0, 0.1) is 0 Å². The van der Waals surface area contributed by atoms with Gasteiger partial charge in [0.15, 0.2) is 13.2 Å². The van der Waals surface area contributed by atoms with E-state index in [-0.39, 0.29) is 5.69 Å². The van der Waals surface area contributed by atoms with Crippen LogP contribution in [0.4, 0.5) is 24.5 Å². The number of benzene rings is 2. The first kappa shape index (κ1) is 24.4. The SMILES string of the molecule is CCc1ccccc1OCC(=O)OCC(=O)Nc1cc(C(F)(F)F)ccc1N1CCOCC1. The highest BCUT2D eigenvalue weighted by atomic mass is 19.4. The van der Waals surface area contributed by atoms with Gasteiger partial charge in [0, 0.05) is 13.1 Å². The van der Waals surface area contributed by atoms with Crippen LogP contribution in [0.3, 0.4) is 0 Å². The molecule has 0 spiro atoms. The molecule has 33 heavy (non-hydrogen) atoms. The third-order valence-electron chi connectivity index (χ3n) is 5.01. The quantitative estimate of drug-likeness (QED) is 0.599. The first-order valence-corrected chi connectivity index (χ1v) is 10.5. The molecule has 1 fully saturated rings. The Labute approximate surface area is 189 Å². The average Bonchev–Trinajstić information content (AvgIpc) is 2.81. The molecule has 1 heterocycles. The second kappa shape index (κ2) is 11.0. The van der Waals surface area contributed by atoms with Crippen LogP contribution < -0.4 is 15.0 Å². The molecule has 0 aliphatic carbocycles. The number of carbonyl (C=O) groups excluding carboxylic acids is 2. The maximum atomic E-state index is 13.2. The predicted molar refractivity (Wildman–Crippen MR) is 115 cm³/mol. The van der Waals surface area contributed by atoms with Gasteiger partial charge in [-0.05, 0) is 36.2 Å². The molecular formula is C23H25F3N2O5. The minimum atomic E-state index is -4.57. The summed E-state index contributed by atoms with van der Waals surface area (Å²) in [5.74, 6) is -0.986. The van der Waals surface area contributed by atoms with Crippen LogP contribution in [0.1, 0.15) is 18.1 Å². The lowest BCUT2D eigenvalue weighted by Gasteiger charge is -2.31. The summed E-state index contributed by atoms with van der Waals surface area (Å²) < 4.78 is 55.2. The maximum absolute atomic E-state index is 13.2. The molecule has 0 atom stereocenters. The number of ether oxygens (including phenoxy) is 3. The zero-order valence-electron chi connectivity index (χ0n) is 18.1. The number of hydrogen-bond donors (Lipinski definition) is 1. The molecule has 3 rings (SSSR count). The molecule has 7 nitrogen and oxygen atoms in total. The lowest BCUT2D eigenvalue weighted by atomic mass is 10.1. The van der Waals surface area contributed by atoms with Gasteiger partial charge in [0.2, 0.25) is 0 Å². The normalized spacial score (nSPS) is 14.0. The maximum Gasteiger partial charge on any atom is 0.416 e. The Kier molecular flexibility index (Phi) is 8.16. The monoisotopic (exact) mass is 466 g/mol. The van der Waals surface area contributed by atoms with Crippen LogP contribution in [-0.4, -0.2) is 51.4 Å². The van der Waals surface area contributed by atoms with E-state index in [0.29, 0.717) is 37.7 Å². The number of carbonyl (C=O) groups is 2. The van der Waals surface area contributed by atoms with E-state index >= 15 is 0 Å². The van der Waals surface area contributed by atoms with Crippen LogP contribution in [0.5, 0.6) is 5.75 Å². The van der Waals surface area contributed by atoms with Gasteiger partial charge in [0.1, 0.15) is 5.75 Å². The molecular weight excluding hydrogens is 441 g/mol. The highest BCUT2D eigenvalue weighted by Crippen LogP contribution is 2.35. The summed E-state index contributed by atoms with van der Waals surface area (Å²) in [4.78, 5) is 26.1. The Bertz CT molecular complexity index is 975. The number of halogens is 3. The molecule has 178 valence electrons. The van der Waals surface area contributed by atoms with Crippen molar-refractivity contribution in [2.45, 2.75) is 19.5 Å². The number of rotatable bonds is 8. The minimum absolute atomic E-state index is 0.0131. The molecule has 1 amide bonds. The highest BCUT2D eigenvalue weighted by molar-refractivity contribution is 5.96. The molecule has 0 unspecified atom stereocenters. The second-order valence-electron chi connectivity index (χ2n) is 7.29. The van der Waals surface area contributed by atoms with Gasteiger partial charge in [-0.25, -0.2) is 4.79 Å². The van der Waals surface area contributed by atoms with Crippen molar-refractivity contribution in [3.05, 3.63) is 53.6 Å². The summed E-state index contributed by atoms with van der Waals surface area (Å²) in [6.07, 6.45) is -3.85. The van der Waals surface area contributed by atoms with Gasteiger partial charge >= 0.3 is 12.1 Å². The molecule has 10 heteroatoms. The number of aryl methyl sites for hydroxylation is 1. The summed E-state index contributed by atoms with van der Waals surface area (Å²) in [5.41, 5.74) is 0.449. The van der Waals surface area contributed by atoms with Crippen molar-refractivity contribution >= 4 is 23.3 Å². The van der Waals surface area contributed by atoms with E-state index in [9.17, 15) is 22.8 Å². The third kappa shape index (κ3) is 6.85. The largest absolute Gasteiger partial charge is 0.482 e. The van der Waals surface area contributed by atoms with E-state index in [1.54, 1.807) is 12.1 Å². The first-order chi connectivity index (χ1) is 15.8. The van der Waals surface area contributed by atoms with Crippen molar-refractivity contribution in [2.24, 2.45) is 0 Å². The molecule has 0 bridgehead atoms. The van der Waals surface area contributed by atoms with Gasteiger partial charge in [0.05, 0.1) is 30.2 Å². The van der Waals surface area contributed by atoms with Gasteiger partial charge in [-0.3, -0.25) is 4.79 Å². The molecule has 2 aromatic carbocycles. The number of alkyl halides is 3. The molecule has 1 aliphatic heterocycles. The van der Waals surface area contributed by atoms with E-state index < -0.39 is 36.8 Å². The number of esters is 1. The number of hydrogen-bond acceptors (Lipinski definition) is 6. The molecule has 1 N–H and O–H groups in total. The van der Waals surface area contributed by atoms with Crippen LogP contribution in [0.15, 0.2) is 42.5 Å². The zero-order valence-corrected chi connectivity index (χ0v) is 18.1. The Morgan fingerprint density at radius 2 is 1.82 bits per heavy atom. The van der Waals surface area contributed by atoms with E-state index in [4.69, 9.17) is 14.2 Å². The van der Waals surface area contributed by atoms with Crippen LogP contribution in [0.25, 0.3) is 0 Å². The van der Waals surface area contributed by atoms with Crippen molar-refractivity contribution in [3.8, 4) is 5.75 Å². The number of nitrogens with zero attached hydrogens (tertiary/aromatic N) is 1. The van der Waals surface area contributed by atoms with Crippen molar-refractivity contribution in [3.63, 3.8) is 0 Å². The lowest BCUT2D eigenvalue weighted by Crippen LogP contribution is -2.37. The van der Waals surface area contributed by atoms with Crippen molar-refractivity contribution in [1.29, 1.82) is 0 Å². The van der Waals surface area contributed by atoms with Crippen LogP contribution >= 0.6 is 0 Å². The summed E-state index contributed by atoms with van der Waals surface area (Å²) in [6.45, 7) is 2.69. The minimum Gasteiger partial charge on any atom is -0.482 e. The Morgan fingerprint density at radius 3 is 2.52 bits per heavy atom. The summed E-state index contributed by atoms with van der Waals surface area (Å²) in [5, 5.41) is 2.43. The van der Waals surface area contributed by atoms with Gasteiger partial charge in [-0.2, -0.15) is 13.2 Å². The standard InChI is InChI=1S/C23H25F3N2O5/c1-2-16-5-3-4-6-20(16)32-15-22(30)33-14-21(29)27-18-13-17(23(24,25)26)7-8-19(18)28-9-11-31-12-10-28/h3-8,13H,2,9-12,14-15H2,1H3,(H,27,29). The Hall–Kier alpha value is -3.27. The van der Waals surface area contributed by atoms with Gasteiger partial charge < -0.3 is 24.4 Å². The molecule has 1 saturated heterocycles. The lowest BCUT2D eigenvalue weighted by molar-refractivity contribution is -0.149. The Balaban J connectivity index is 1.60. The van der Waals surface area contributed by atoms with E-state index in [1.807, 2.05) is 24.0 Å². The average molecular weight is 466 g/mol. The van der Waals surface area contributed by atoms with Crippen molar-refractivity contribution in [2.75, 3.05) is 49.7 Å². The van der Waals surface area contributed by atoms with E-state index in [1.165, 1.54) is 6.07 Å². The number of morpholine rings is 1. The van der Waals surface area contributed by atoms with Crippen molar-refractivity contribution in [1.82, 2.24) is 0 Å². The zero-order chi connectivity index (χ0) is 23.8. The fourth-order valence-electron chi connectivity index (χ4n) is 3.34. The molecule has 0 radical (unpaired) electrons. The third-order valence-corrected chi connectivity index (χ3v) is 5.01. The predicted octanol–water partition coefficient (Wildman–Crippen LogP) is 3.67. The van der Waals surface area contributed by atoms with Crippen LogP contribution in [-0.2, 0) is 31.7 Å². The Morgan fingerprint density at radius 1 is 1.09 bits per heavy atom. The smallest absolute Gasteiger partial charge is 0.416 e. The molecule has 0 aromatic heterocycles. The second-order valence-corrected chi connectivity index (χ2v) is 7.29. The fourth-order valence-corrected chi connectivity index (χ4v) is 3.34. The molecule has 1 aliphatic rings. The fraction of sp³-hybridized carbons (Fsp3) is 0.391. The summed E-state index contributed by atoms with van der Waals surface area (Å²) in [6, 6.07) is 10.4. The summed E-state index contributed by atoms with van der Waals surface area (Å²) in [7, 11) is 0. The van der Waals surface area contributed by atoms with Gasteiger partial charge in [-0.15, -0.1) is 0 Å². The molecule has 2 aromatic rings. The number of nitrogens with one attached hydrogen (secondary N) is 1. The van der Waals surface area contributed by atoms with E-state index in [0.717, 1.165) is 24.1 Å². The molecule has 0 saturated carbocycles. The van der Waals surface area contributed by atoms with Crippen LogP contribution in [0.2, 0.25) is 0 Å². The van der Waals surface area contributed by atoms with Gasteiger partial charge in [0.25, 0.3) is 5.91 Å².